The summed E-state index contributed by atoms with van der Waals surface area (Å²) in [5.74, 6) is -0.914. The number of cyclic esters (lactones) is 1. The minimum Gasteiger partial charge on any atom is -0.461 e. The van der Waals surface area contributed by atoms with Crippen LogP contribution in [-0.4, -0.2) is 42.6 Å². The summed E-state index contributed by atoms with van der Waals surface area (Å²) in [7, 11) is 0. The first-order valence-electron chi connectivity index (χ1n) is 7.63. The van der Waals surface area contributed by atoms with Crippen LogP contribution in [0.4, 0.5) is 4.79 Å². The van der Waals surface area contributed by atoms with Gasteiger partial charge in [-0.05, 0) is 6.42 Å². The first kappa shape index (κ1) is 16.0. The van der Waals surface area contributed by atoms with Crippen LogP contribution in [0.5, 0.6) is 0 Å². The molecule has 0 spiro atoms. The summed E-state index contributed by atoms with van der Waals surface area (Å²) in [6.07, 6.45) is 0.367. The second-order valence-corrected chi connectivity index (χ2v) is 5.83. The third kappa shape index (κ3) is 2.62. The number of esters is 2. The van der Waals surface area contributed by atoms with E-state index in [-0.39, 0.29) is 13.2 Å². The van der Waals surface area contributed by atoms with E-state index in [1.54, 1.807) is 12.1 Å². The predicted molar refractivity (Wildman–Crippen MR) is 83.6 cm³/mol. The Labute approximate surface area is 139 Å². The van der Waals surface area contributed by atoms with E-state index < -0.39 is 23.6 Å². The number of nitrogens with zero attached hydrogens (tertiary/aromatic N) is 1. The number of ether oxygens (including phenoxy) is 2. The molecule has 3 rings (SSSR count). The lowest BCUT2D eigenvalue weighted by atomic mass is 9.83. The zero-order valence-electron chi connectivity index (χ0n) is 13.3. The molecular formula is C17H18N2O5. The SMILES string of the molecule is CC(=O)OCC1(c2ccccc2)OC(=O)C2=C1CN(C(N)=O)CC2. The summed E-state index contributed by atoms with van der Waals surface area (Å²) in [4.78, 5) is 36.7. The van der Waals surface area contributed by atoms with Gasteiger partial charge in [-0.1, -0.05) is 30.3 Å². The van der Waals surface area contributed by atoms with Crippen LogP contribution in [0.15, 0.2) is 41.5 Å². The van der Waals surface area contributed by atoms with Crippen LogP contribution in [0, 0.1) is 0 Å². The molecule has 0 aromatic heterocycles. The highest BCUT2D eigenvalue weighted by Gasteiger charge is 2.51. The Morgan fingerprint density at radius 1 is 1.33 bits per heavy atom. The second kappa shape index (κ2) is 5.99. The van der Waals surface area contributed by atoms with Crippen LogP contribution in [0.1, 0.15) is 18.9 Å². The average molecular weight is 330 g/mol. The molecule has 24 heavy (non-hydrogen) atoms. The Balaban J connectivity index is 2.07. The zero-order valence-corrected chi connectivity index (χ0v) is 13.3. The molecule has 2 N–H and O–H groups in total. The van der Waals surface area contributed by atoms with Crippen molar-refractivity contribution in [1.82, 2.24) is 4.90 Å². The Bertz CT molecular complexity index is 728. The average Bonchev–Trinajstić information content (AvgIpc) is 2.87. The maximum atomic E-state index is 12.4. The maximum absolute atomic E-state index is 12.4. The van der Waals surface area contributed by atoms with Crippen LogP contribution in [0.3, 0.4) is 0 Å². The van der Waals surface area contributed by atoms with E-state index >= 15 is 0 Å². The van der Waals surface area contributed by atoms with Crippen LogP contribution < -0.4 is 5.73 Å². The van der Waals surface area contributed by atoms with Gasteiger partial charge in [-0.15, -0.1) is 0 Å². The van der Waals surface area contributed by atoms with Crippen molar-refractivity contribution in [2.24, 2.45) is 5.73 Å². The fourth-order valence-corrected chi connectivity index (χ4v) is 3.17. The summed E-state index contributed by atoms with van der Waals surface area (Å²) in [6.45, 7) is 1.69. The van der Waals surface area contributed by atoms with Gasteiger partial charge >= 0.3 is 18.0 Å². The van der Waals surface area contributed by atoms with E-state index in [4.69, 9.17) is 15.2 Å². The topological polar surface area (TPSA) is 98.9 Å². The number of hydrogen-bond acceptors (Lipinski definition) is 5. The summed E-state index contributed by atoms with van der Waals surface area (Å²) >= 11 is 0. The highest BCUT2D eigenvalue weighted by Crippen LogP contribution is 2.44. The quantitative estimate of drug-likeness (QED) is 0.836. The molecule has 2 aliphatic rings. The monoisotopic (exact) mass is 330 g/mol. The number of carbonyl (C=O) groups is 3. The van der Waals surface area contributed by atoms with E-state index in [1.165, 1.54) is 11.8 Å². The van der Waals surface area contributed by atoms with Crippen molar-refractivity contribution >= 4 is 18.0 Å². The molecule has 2 amide bonds. The van der Waals surface area contributed by atoms with Gasteiger partial charge in [0.15, 0.2) is 5.60 Å². The number of urea groups is 1. The highest BCUT2D eigenvalue weighted by atomic mass is 16.6. The zero-order chi connectivity index (χ0) is 17.3. The number of nitrogens with two attached hydrogens (primary N) is 1. The van der Waals surface area contributed by atoms with Gasteiger partial charge in [-0.3, -0.25) is 4.79 Å². The van der Waals surface area contributed by atoms with Gasteiger partial charge < -0.3 is 20.1 Å². The van der Waals surface area contributed by atoms with Gasteiger partial charge in [-0.25, -0.2) is 9.59 Å². The normalized spacial score (nSPS) is 22.9. The molecule has 0 saturated carbocycles. The van der Waals surface area contributed by atoms with E-state index in [9.17, 15) is 14.4 Å². The number of primary amides is 1. The fourth-order valence-electron chi connectivity index (χ4n) is 3.17. The molecule has 1 aromatic carbocycles. The van der Waals surface area contributed by atoms with Gasteiger partial charge in [0.05, 0.1) is 0 Å². The Morgan fingerprint density at radius 2 is 2.04 bits per heavy atom. The van der Waals surface area contributed by atoms with E-state index in [0.29, 0.717) is 29.7 Å². The molecule has 1 aromatic rings. The van der Waals surface area contributed by atoms with E-state index in [2.05, 4.69) is 0 Å². The van der Waals surface area contributed by atoms with Crippen LogP contribution in [0.2, 0.25) is 0 Å². The molecule has 7 heteroatoms. The Kier molecular flexibility index (Phi) is 4.01. The summed E-state index contributed by atoms with van der Waals surface area (Å²) < 4.78 is 10.9. The molecule has 1 unspecified atom stereocenters. The number of amides is 2. The van der Waals surface area contributed by atoms with Crippen molar-refractivity contribution in [3.05, 3.63) is 47.0 Å². The molecule has 126 valence electrons. The maximum Gasteiger partial charge on any atom is 0.335 e. The lowest BCUT2D eigenvalue weighted by Gasteiger charge is -2.34. The van der Waals surface area contributed by atoms with Crippen LogP contribution >= 0.6 is 0 Å². The largest absolute Gasteiger partial charge is 0.461 e. The minimum absolute atomic E-state index is 0.135. The third-order valence-electron chi connectivity index (χ3n) is 4.38. The van der Waals surface area contributed by atoms with Crippen LogP contribution in [0.25, 0.3) is 0 Å². The van der Waals surface area contributed by atoms with Crippen molar-refractivity contribution in [1.29, 1.82) is 0 Å². The second-order valence-electron chi connectivity index (χ2n) is 5.83. The molecule has 2 aliphatic heterocycles. The summed E-state index contributed by atoms with van der Waals surface area (Å²) in [5.41, 5.74) is 6.02. The smallest absolute Gasteiger partial charge is 0.335 e. The molecular weight excluding hydrogens is 312 g/mol. The van der Waals surface area contributed by atoms with Crippen LogP contribution in [-0.2, 0) is 24.7 Å². The van der Waals surface area contributed by atoms with Gasteiger partial charge in [0, 0.05) is 36.7 Å². The molecule has 1 atom stereocenters. The summed E-state index contributed by atoms with van der Waals surface area (Å²) in [6, 6.07) is 8.50. The van der Waals surface area contributed by atoms with Crippen molar-refractivity contribution in [2.75, 3.05) is 19.7 Å². The molecule has 0 bridgehead atoms. The highest BCUT2D eigenvalue weighted by molar-refractivity contribution is 5.94. The molecule has 0 saturated heterocycles. The molecule has 0 aliphatic carbocycles. The molecule has 2 heterocycles. The number of rotatable bonds is 3. The lowest BCUT2D eigenvalue weighted by molar-refractivity contribution is -0.161. The van der Waals surface area contributed by atoms with Crippen molar-refractivity contribution in [2.45, 2.75) is 18.9 Å². The first-order chi connectivity index (χ1) is 11.4. The minimum atomic E-state index is -1.21. The number of carbonyl (C=O) groups excluding carboxylic acids is 3. The lowest BCUT2D eigenvalue weighted by Crippen LogP contribution is -2.45. The predicted octanol–water partition coefficient (Wildman–Crippen LogP) is 1.08. The van der Waals surface area contributed by atoms with Crippen molar-refractivity contribution < 1.29 is 23.9 Å². The van der Waals surface area contributed by atoms with E-state index in [1.807, 2.05) is 18.2 Å². The number of hydrogen-bond donors (Lipinski definition) is 1. The van der Waals surface area contributed by atoms with Crippen molar-refractivity contribution in [3.63, 3.8) is 0 Å². The van der Waals surface area contributed by atoms with Gasteiger partial charge in [0.2, 0.25) is 0 Å². The standard InChI is InChI=1S/C17H18N2O5/c1-11(20)23-10-17(12-5-3-2-4-6-12)14-9-19(16(18)22)8-7-13(14)15(21)24-17/h2-6H,7-10H2,1H3,(H2,18,22). The van der Waals surface area contributed by atoms with E-state index in [0.717, 1.165) is 0 Å². The first-order valence-corrected chi connectivity index (χ1v) is 7.63. The number of benzene rings is 1. The van der Waals surface area contributed by atoms with Gasteiger partial charge in [0.1, 0.15) is 6.61 Å². The fraction of sp³-hybridized carbons (Fsp3) is 0.353. The Hall–Kier alpha value is -2.83. The molecule has 7 nitrogen and oxygen atoms in total. The van der Waals surface area contributed by atoms with Gasteiger partial charge in [0.25, 0.3) is 0 Å². The summed E-state index contributed by atoms with van der Waals surface area (Å²) in [5, 5.41) is 0. The van der Waals surface area contributed by atoms with Gasteiger partial charge in [-0.2, -0.15) is 0 Å². The third-order valence-corrected chi connectivity index (χ3v) is 4.38. The Morgan fingerprint density at radius 3 is 2.67 bits per heavy atom. The molecule has 0 radical (unpaired) electrons. The molecule has 0 fully saturated rings. The van der Waals surface area contributed by atoms with Crippen molar-refractivity contribution in [3.8, 4) is 0 Å².